The zero-order valence-corrected chi connectivity index (χ0v) is 19.5. The number of thioether (sulfide) groups is 2. The molecule has 2 atom stereocenters. The van der Waals surface area contributed by atoms with Gasteiger partial charge in [-0.05, 0) is 86.0 Å². The second-order valence-electron chi connectivity index (χ2n) is 8.08. The zero-order chi connectivity index (χ0) is 20.1. The third-order valence-corrected chi connectivity index (χ3v) is 8.19. The third-order valence-electron chi connectivity index (χ3n) is 6.07. The number of aryl methyl sites for hydroxylation is 1. The van der Waals surface area contributed by atoms with Crippen molar-refractivity contribution in [1.82, 2.24) is 4.90 Å². The molecule has 0 saturated carbocycles. The van der Waals surface area contributed by atoms with E-state index in [9.17, 15) is 0 Å². The lowest BCUT2D eigenvalue weighted by atomic mass is 9.87. The molecular formula is C24H30ClNOS2. The van der Waals surface area contributed by atoms with Gasteiger partial charge in [0.05, 0.1) is 6.61 Å². The lowest BCUT2D eigenvalue weighted by Gasteiger charge is -2.32. The van der Waals surface area contributed by atoms with Crippen molar-refractivity contribution in [3.63, 3.8) is 0 Å². The molecule has 1 fully saturated rings. The average Bonchev–Trinajstić information content (AvgIpc) is 3.22. The molecule has 0 spiro atoms. The standard InChI is InChI=1S/C24H30ClNOS2/c1-28-12-13-29-24-8-6-23(7-9-24)27-17-18-10-11-26(16-18)22-5-3-19-2-4-21(25)14-20(19)15-22/h2,4,6-9,14,18,22H,3,5,10-13,15-17H2,1H3/t18-,22?/m0/s1. The van der Waals surface area contributed by atoms with Gasteiger partial charge in [0, 0.05) is 39.9 Å². The molecule has 2 aliphatic rings. The van der Waals surface area contributed by atoms with Crippen LogP contribution in [0, 0.1) is 5.92 Å². The van der Waals surface area contributed by atoms with E-state index in [4.69, 9.17) is 16.3 Å². The summed E-state index contributed by atoms with van der Waals surface area (Å²) in [5.41, 5.74) is 2.93. The highest BCUT2D eigenvalue weighted by Crippen LogP contribution is 2.30. The largest absolute Gasteiger partial charge is 0.493 e. The summed E-state index contributed by atoms with van der Waals surface area (Å²) in [5.74, 6) is 3.99. The molecule has 0 bridgehead atoms. The molecular weight excluding hydrogens is 418 g/mol. The van der Waals surface area contributed by atoms with Crippen LogP contribution in [0.25, 0.3) is 0 Å². The van der Waals surface area contributed by atoms with Gasteiger partial charge in [-0.3, -0.25) is 4.90 Å². The lowest BCUT2D eigenvalue weighted by molar-refractivity contribution is 0.195. The molecule has 5 heteroatoms. The quantitative estimate of drug-likeness (QED) is 0.360. The van der Waals surface area contributed by atoms with Crippen LogP contribution in [0.3, 0.4) is 0 Å². The first-order valence-electron chi connectivity index (χ1n) is 10.6. The van der Waals surface area contributed by atoms with Gasteiger partial charge in [0.1, 0.15) is 5.75 Å². The zero-order valence-electron chi connectivity index (χ0n) is 17.1. The van der Waals surface area contributed by atoms with E-state index >= 15 is 0 Å². The smallest absolute Gasteiger partial charge is 0.119 e. The van der Waals surface area contributed by atoms with E-state index in [1.165, 1.54) is 47.6 Å². The number of likely N-dealkylation sites (tertiary alicyclic amines) is 1. The van der Waals surface area contributed by atoms with Gasteiger partial charge in [0.15, 0.2) is 0 Å². The van der Waals surface area contributed by atoms with Crippen molar-refractivity contribution in [2.24, 2.45) is 5.92 Å². The summed E-state index contributed by atoms with van der Waals surface area (Å²) >= 11 is 10.0. The maximum absolute atomic E-state index is 6.22. The van der Waals surface area contributed by atoms with Gasteiger partial charge in [-0.2, -0.15) is 11.8 Å². The molecule has 0 amide bonds. The molecule has 1 saturated heterocycles. The molecule has 1 heterocycles. The first-order valence-corrected chi connectivity index (χ1v) is 13.3. The Labute approximate surface area is 188 Å². The van der Waals surface area contributed by atoms with Crippen LogP contribution in [0.2, 0.25) is 5.02 Å². The molecule has 1 unspecified atom stereocenters. The number of nitrogens with zero attached hydrogens (tertiary/aromatic N) is 1. The van der Waals surface area contributed by atoms with Crippen LogP contribution in [-0.4, -0.2) is 48.4 Å². The fourth-order valence-corrected chi connectivity index (χ4v) is 6.20. The molecule has 4 rings (SSSR count). The van der Waals surface area contributed by atoms with Gasteiger partial charge in [-0.15, -0.1) is 11.8 Å². The van der Waals surface area contributed by atoms with Gasteiger partial charge in [0.2, 0.25) is 0 Å². The maximum Gasteiger partial charge on any atom is 0.119 e. The Balaban J connectivity index is 1.23. The van der Waals surface area contributed by atoms with Crippen LogP contribution in [0.15, 0.2) is 47.4 Å². The summed E-state index contributed by atoms with van der Waals surface area (Å²) < 4.78 is 6.12. The third kappa shape index (κ3) is 5.88. The van der Waals surface area contributed by atoms with E-state index in [1.54, 1.807) is 0 Å². The number of fused-ring (bicyclic) bond motifs is 1. The molecule has 2 aromatic rings. The predicted octanol–water partition coefficient (Wildman–Crippen LogP) is 6.05. The van der Waals surface area contributed by atoms with Gasteiger partial charge < -0.3 is 4.74 Å². The van der Waals surface area contributed by atoms with Crippen molar-refractivity contribution < 1.29 is 4.74 Å². The Bertz CT molecular complexity index is 798. The van der Waals surface area contributed by atoms with Crippen LogP contribution >= 0.6 is 35.1 Å². The highest BCUT2D eigenvalue weighted by Gasteiger charge is 2.30. The lowest BCUT2D eigenvalue weighted by Crippen LogP contribution is -2.38. The summed E-state index contributed by atoms with van der Waals surface area (Å²) in [4.78, 5) is 4.01. The SMILES string of the molecule is CSCCSc1ccc(OC[C@H]2CCN(C3CCc4ccc(Cl)cc4C3)C2)cc1. The van der Waals surface area contributed by atoms with Gasteiger partial charge >= 0.3 is 0 Å². The van der Waals surface area contributed by atoms with Gasteiger partial charge in [-0.25, -0.2) is 0 Å². The summed E-state index contributed by atoms with van der Waals surface area (Å²) in [6, 6.07) is 15.7. The van der Waals surface area contributed by atoms with Crippen molar-refractivity contribution in [3.8, 4) is 5.75 Å². The predicted molar refractivity (Wildman–Crippen MR) is 128 cm³/mol. The highest BCUT2D eigenvalue weighted by atomic mass is 35.5. The van der Waals surface area contributed by atoms with Crippen LogP contribution in [0.4, 0.5) is 0 Å². The summed E-state index contributed by atoms with van der Waals surface area (Å²) in [7, 11) is 0. The van der Waals surface area contributed by atoms with E-state index in [0.29, 0.717) is 12.0 Å². The minimum atomic E-state index is 0.631. The molecule has 156 valence electrons. The van der Waals surface area contributed by atoms with Crippen LogP contribution in [0.1, 0.15) is 24.0 Å². The fraction of sp³-hybridized carbons (Fsp3) is 0.500. The van der Waals surface area contributed by atoms with Crippen LogP contribution < -0.4 is 4.74 Å². The Kier molecular flexibility index (Phi) is 7.74. The topological polar surface area (TPSA) is 12.5 Å². The molecule has 1 aliphatic carbocycles. The van der Waals surface area contributed by atoms with E-state index < -0.39 is 0 Å². The fourth-order valence-electron chi connectivity index (χ4n) is 4.44. The number of hydrogen-bond acceptors (Lipinski definition) is 4. The van der Waals surface area contributed by atoms with Crippen molar-refractivity contribution >= 4 is 35.1 Å². The van der Waals surface area contributed by atoms with E-state index in [1.807, 2.05) is 29.6 Å². The van der Waals surface area contributed by atoms with Crippen molar-refractivity contribution in [2.75, 3.05) is 37.5 Å². The number of hydrogen-bond donors (Lipinski definition) is 0. The van der Waals surface area contributed by atoms with E-state index in [2.05, 4.69) is 47.6 Å². The van der Waals surface area contributed by atoms with Crippen LogP contribution in [0.5, 0.6) is 5.75 Å². The monoisotopic (exact) mass is 447 g/mol. The van der Waals surface area contributed by atoms with Crippen molar-refractivity contribution in [2.45, 2.75) is 36.6 Å². The highest BCUT2D eigenvalue weighted by molar-refractivity contribution is 8.02. The first kappa shape index (κ1) is 21.4. The summed E-state index contributed by atoms with van der Waals surface area (Å²) in [6.45, 7) is 3.17. The minimum Gasteiger partial charge on any atom is -0.493 e. The average molecular weight is 448 g/mol. The molecule has 29 heavy (non-hydrogen) atoms. The second-order valence-corrected chi connectivity index (χ2v) is 10.7. The van der Waals surface area contributed by atoms with E-state index in [0.717, 1.165) is 36.1 Å². The van der Waals surface area contributed by atoms with Crippen LogP contribution in [-0.2, 0) is 12.8 Å². The second kappa shape index (κ2) is 10.5. The maximum atomic E-state index is 6.22. The Hall–Kier alpha value is -0.810. The van der Waals surface area contributed by atoms with Gasteiger partial charge in [-0.1, -0.05) is 17.7 Å². The first-order chi connectivity index (χ1) is 14.2. The molecule has 0 radical (unpaired) electrons. The number of rotatable bonds is 8. The molecule has 0 aromatic heterocycles. The van der Waals surface area contributed by atoms with E-state index in [-0.39, 0.29) is 0 Å². The number of benzene rings is 2. The summed E-state index contributed by atoms with van der Waals surface area (Å²) in [6.07, 6.45) is 6.97. The molecule has 0 N–H and O–H groups in total. The van der Waals surface area contributed by atoms with Crippen molar-refractivity contribution in [1.29, 1.82) is 0 Å². The molecule has 2 aromatic carbocycles. The Morgan fingerprint density at radius 2 is 1.93 bits per heavy atom. The van der Waals surface area contributed by atoms with Crippen molar-refractivity contribution in [3.05, 3.63) is 58.6 Å². The molecule has 2 nitrogen and oxygen atoms in total. The van der Waals surface area contributed by atoms with Gasteiger partial charge in [0.25, 0.3) is 0 Å². The minimum absolute atomic E-state index is 0.631. The molecule has 1 aliphatic heterocycles. The Morgan fingerprint density at radius 1 is 1.07 bits per heavy atom. The number of ether oxygens (including phenoxy) is 1. The normalized spacial score (nSPS) is 21.9. The summed E-state index contributed by atoms with van der Waals surface area (Å²) in [5, 5.41) is 0.866. The number of halogens is 1. The Morgan fingerprint density at radius 3 is 2.76 bits per heavy atom.